The maximum absolute atomic E-state index is 10.3. The Morgan fingerprint density at radius 3 is 2.35 bits per heavy atom. The zero-order valence-corrected chi connectivity index (χ0v) is 11.7. The summed E-state index contributed by atoms with van der Waals surface area (Å²) >= 11 is 12.0. The molecule has 20 heavy (non-hydrogen) atoms. The standard InChI is InChI=1S/C15H8Cl2N2O/c16-12-6-10-11(8-18)15(9-4-2-1-3-5-9)19(20)14(10)7-13(12)17/h1-7,20H. The van der Waals surface area contributed by atoms with Crippen molar-refractivity contribution >= 4 is 34.1 Å². The van der Waals surface area contributed by atoms with Crippen molar-refractivity contribution < 1.29 is 5.21 Å². The minimum atomic E-state index is 0.330. The Labute approximate surface area is 125 Å². The van der Waals surface area contributed by atoms with Crippen LogP contribution in [0.3, 0.4) is 0 Å². The largest absolute Gasteiger partial charge is 0.428 e. The van der Waals surface area contributed by atoms with Crippen LogP contribution in [0.5, 0.6) is 0 Å². The van der Waals surface area contributed by atoms with Gasteiger partial charge in [-0.2, -0.15) is 9.99 Å². The lowest BCUT2D eigenvalue weighted by molar-refractivity contribution is 0.204. The van der Waals surface area contributed by atoms with Gasteiger partial charge in [0.25, 0.3) is 0 Å². The van der Waals surface area contributed by atoms with Crippen LogP contribution >= 0.6 is 23.2 Å². The van der Waals surface area contributed by atoms with E-state index in [1.54, 1.807) is 12.1 Å². The van der Waals surface area contributed by atoms with E-state index in [2.05, 4.69) is 6.07 Å². The molecule has 0 atom stereocenters. The molecule has 0 aliphatic carbocycles. The molecular formula is C15H8Cl2N2O. The quantitative estimate of drug-likeness (QED) is 0.661. The second-order valence-electron chi connectivity index (χ2n) is 4.30. The van der Waals surface area contributed by atoms with Crippen molar-refractivity contribution in [2.24, 2.45) is 0 Å². The van der Waals surface area contributed by atoms with Gasteiger partial charge in [-0.25, -0.2) is 0 Å². The minimum absolute atomic E-state index is 0.330. The fourth-order valence-corrected chi connectivity index (χ4v) is 2.56. The van der Waals surface area contributed by atoms with Gasteiger partial charge in [0, 0.05) is 10.9 Å². The van der Waals surface area contributed by atoms with E-state index in [4.69, 9.17) is 23.2 Å². The molecule has 0 radical (unpaired) electrons. The molecule has 1 heterocycles. The first kappa shape index (κ1) is 12.9. The molecule has 2 aromatic carbocycles. The Bertz CT molecular complexity index is 848. The minimum Gasteiger partial charge on any atom is -0.428 e. The summed E-state index contributed by atoms with van der Waals surface area (Å²) in [4.78, 5) is 0. The van der Waals surface area contributed by atoms with E-state index in [1.165, 1.54) is 0 Å². The summed E-state index contributed by atoms with van der Waals surface area (Å²) < 4.78 is 0.978. The molecule has 0 fully saturated rings. The highest BCUT2D eigenvalue weighted by molar-refractivity contribution is 6.42. The van der Waals surface area contributed by atoms with Gasteiger partial charge in [-0.3, -0.25) is 0 Å². The summed E-state index contributed by atoms with van der Waals surface area (Å²) in [7, 11) is 0. The molecule has 1 aromatic heterocycles. The highest BCUT2D eigenvalue weighted by Crippen LogP contribution is 2.36. The number of fused-ring (bicyclic) bond motifs is 1. The van der Waals surface area contributed by atoms with Gasteiger partial charge in [-0.05, 0) is 12.1 Å². The third-order valence-corrected chi connectivity index (χ3v) is 3.87. The molecule has 3 aromatic rings. The Hall–Kier alpha value is -2.15. The maximum atomic E-state index is 10.3. The number of halogens is 2. The topological polar surface area (TPSA) is 49.0 Å². The molecule has 3 nitrogen and oxygen atoms in total. The van der Waals surface area contributed by atoms with Crippen LogP contribution in [-0.4, -0.2) is 9.94 Å². The van der Waals surface area contributed by atoms with Crippen molar-refractivity contribution in [3.8, 4) is 17.3 Å². The summed E-state index contributed by atoms with van der Waals surface area (Å²) in [6.45, 7) is 0. The van der Waals surface area contributed by atoms with E-state index >= 15 is 0 Å². The average Bonchev–Trinajstić information content (AvgIpc) is 2.73. The van der Waals surface area contributed by atoms with Crippen LogP contribution in [-0.2, 0) is 0 Å². The van der Waals surface area contributed by atoms with Gasteiger partial charge >= 0.3 is 0 Å². The van der Waals surface area contributed by atoms with E-state index in [-0.39, 0.29) is 0 Å². The van der Waals surface area contributed by atoms with E-state index in [9.17, 15) is 10.5 Å². The molecule has 0 saturated heterocycles. The summed E-state index contributed by atoms with van der Waals surface area (Å²) in [6.07, 6.45) is 0. The molecule has 3 rings (SSSR count). The number of nitriles is 1. The van der Waals surface area contributed by atoms with Crippen LogP contribution in [0.15, 0.2) is 42.5 Å². The molecule has 0 unspecified atom stereocenters. The fourth-order valence-electron chi connectivity index (χ4n) is 2.24. The van der Waals surface area contributed by atoms with Crippen LogP contribution in [0.2, 0.25) is 10.0 Å². The zero-order valence-electron chi connectivity index (χ0n) is 10.1. The van der Waals surface area contributed by atoms with Gasteiger partial charge in [0.1, 0.15) is 11.8 Å². The summed E-state index contributed by atoms with van der Waals surface area (Å²) in [5, 5.41) is 21.0. The predicted molar refractivity (Wildman–Crippen MR) is 79.3 cm³/mol. The lowest BCUT2D eigenvalue weighted by Gasteiger charge is -2.03. The number of rotatable bonds is 1. The molecule has 0 amide bonds. The molecule has 0 bridgehead atoms. The summed E-state index contributed by atoms with van der Waals surface area (Å²) in [6, 6.07) is 14.5. The molecule has 5 heteroatoms. The van der Waals surface area contributed by atoms with Crippen LogP contribution in [0.25, 0.3) is 22.2 Å². The third kappa shape index (κ3) is 1.82. The molecule has 0 saturated carbocycles. The van der Waals surface area contributed by atoms with Crippen LogP contribution < -0.4 is 0 Å². The SMILES string of the molecule is N#Cc1c(-c2ccccc2)n(O)c2cc(Cl)c(Cl)cc12. The van der Waals surface area contributed by atoms with Crippen LogP contribution in [0.4, 0.5) is 0 Å². The van der Waals surface area contributed by atoms with Crippen molar-refractivity contribution in [2.75, 3.05) is 0 Å². The predicted octanol–water partition coefficient (Wildman–Crippen LogP) is 4.72. The normalized spacial score (nSPS) is 10.7. The first-order chi connectivity index (χ1) is 9.63. The van der Waals surface area contributed by atoms with Gasteiger partial charge in [0.15, 0.2) is 0 Å². The number of hydrogen-bond acceptors (Lipinski definition) is 2. The zero-order chi connectivity index (χ0) is 14.3. The van der Waals surface area contributed by atoms with Gasteiger partial charge < -0.3 is 5.21 Å². The van der Waals surface area contributed by atoms with E-state index in [0.29, 0.717) is 32.2 Å². The maximum Gasteiger partial charge on any atom is 0.106 e. The van der Waals surface area contributed by atoms with E-state index in [1.807, 2.05) is 30.3 Å². The molecule has 1 N–H and O–H groups in total. The van der Waals surface area contributed by atoms with E-state index < -0.39 is 0 Å². The average molecular weight is 303 g/mol. The molecular weight excluding hydrogens is 295 g/mol. The van der Waals surface area contributed by atoms with Crippen molar-refractivity contribution in [1.29, 1.82) is 5.26 Å². The van der Waals surface area contributed by atoms with Crippen molar-refractivity contribution in [3.05, 3.63) is 58.1 Å². The second kappa shape index (κ2) is 4.75. The highest BCUT2D eigenvalue weighted by atomic mass is 35.5. The smallest absolute Gasteiger partial charge is 0.106 e. The lowest BCUT2D eigenvalue weighted by atomic mass is 10.1. The lowest BCUT2D eigenvalue weighted by Crippen LogP contribution is -1.94. The number of aromatic nitrogens is 1. The molecule has 98 valence electrons. The van der Waals surface area contributed by atoms with E-state index in [0.717, 1.165) is 10.3 Å². The van der Waals surface area contributed by atoms with Crippen LogP contribution in [0.1, 0.15) is 5.56 Å². The van der Waals surface area contributed by atoms with Crippen LogP contribution in [0, 0.1) is 11.3 Å². The number of nitrogens with zero attached hydrogens (tertiary/aromatic N) is 2. The van der Waals surface area contributed by atoms with Gasteiger partial charge in [-0.1, -0.05) is 53.5 Å². The summed E-state index contributed by atoms with van der Waals surface area (Å²) in [5.74, 6) is 0. The Morgan fingerprint density at radius 2 is 1.70 bits per heavy atom. The first-order valence-electron chi connectivity index (χ1n) is 5.81. The van der Waals surface area contributed by atoms with Gasteiger partial charge in [0.05, 0.1) is 21.1 Å². The molecule has 0 aliphatic rings. The monoisotopic (exact) mass is 302 g/mol. The third-order valence-electron chi connectivity index (χ3n) is 3.14. The number of benzene rings is 2. The second-order valence-corrected chi connectivity index (χ2v) is 5.11. The first-order valence-corrected chi connectivity index (χ1v) is 6.57. The summed E-state index contributed by atoms with van der Waals surface area (Å²) in [5.41, 5.74) is 2.00. The Kier molecular flexibility index (Phi) is 3.06. The van der Waals surface area contributed by atoms with Crippen molar-refractivity contribution in [1.82, 2.24) is 4.73 Å². The highest BCUT2D eigenvalue weighted by Gasteiger charge is 2.19. The van der Waals surface area contributed by atoms with Crippen molar-refractivity contribution in [2.45, 2.75) is 0 Å². The molecule has 0 spiro atoms. The Balaban J connectivity index is 2.45. The molecule has 0 aliphatic heterocycles. The van der Waals surface area contributed by atoms with Gasteiger partial charge in [0.2, 0.25) is 0 Å². The van der Waals surface area contributed by atoms with Gasteiger partial charge in [-0.15, -0.1) is 0 Å². The number of hydrogen-bond donors (Lipinski definition) is 1. The van der Waals surface area contributed by atoms with Crippen molar-refractivity contribution in [3.63, 3.8) is 0 Å². The Morgan fingerprint density at radius 1 is 1.05 bits per heavy atom. The fraction of sp³-hybridized carbons (Fsp3) is 0.